The fourth-order valence-corrected chi connectivity index (χ4v) is 1.75. The van der Waals surface area contributed by atoms with Gasteiger partial charge in [-0.1, -0.05) is 43.6 Å². The van der Waals surface area contributed by atoms with Crippen molar-refractivity contribution in [2.24, 2.45) is 5.92 Å². The van der Waals surface area contributed by atoms with Crippen molar-refractivity contribution in [3.63, 3.8) is 0 Å². The number of methoxy groups -OCH3 is 1. The van der Waals surface area contributed by atoms with E-state index in [0.717, 1.165) is 5.56 Å². The summed E-state index contributed by atoms with van der Waals surface area (Å²) in [4.78, 5) is 0. The lowest BCUT2D eigenvalue weighted by atomic mass is 9.96. The van der Waals surface area contributed by atoms with Crippen molar-refractivity contribution in [3.05, 3.63) is 34.9 Å². The van der Waals surface area contributed by atoms with E-state index in [4.69, 9.17) is 16.3 Å². The van der Waals surface area contributed by atoms with Crippen LogP contribution in [0.4, 0.5) is 0 Å². The Labute approximate surface area is 95.8 Å². The zero-order valence-electron chi connectivity index (χ0n) is 9.27. The first-order chi connectivity index (χ1) is 7.07. The first-order valence-electron chi connectivity index (χ1n) is 5.03. The molecule has 1 N–H and O–H groups in total. The van der Waals surface area contributed by atoms with Crippen molar-refractivity contribution in [2.75, 3.05) is 7.11 Å². The Hall–Kier alpha value is -0.570. The topological polar surface area (TPSA) is 29.5 Å². The summed E-state index contributed by atoms with van der Waals surface area (Å²) in [6, 6.07) is 7.43. The van der Waals surface area contributed by atoms with Crippen molar-refractivity contribution >= 4 is 11.6 Å². The number of rotatable bonds is 4. The number of aliphatic hydroxyl groups excluding tert-OH is 1. The Morgan fingerprint density at radius 2 is 1.87 bits per heavy atom. The van der Waals surface area contributed by atoms with Gasteiger partial charge in [0.05, 0.1) is 6.10 Å². The van der Waals surface area contributed by atoms with Crippen LogP contribution in [0.5, 0.6) is 0 Å². The first kappa shape index (κ1) is 12.5. The maximum absolute atomic E-state index is 9.98. The van der Waals surface area contributed by atoms with Gasteiger partial charge in [-0.15, -0.1) is 0 Å². The van der Waals surface area contributed by atoms with E-state index < -0.39 is 6.10 Å². The highest BCUT2D eigenvalue weighted by Crippen LogP contribution is 2.30. The van der Waals surface area contributed by atoms with E-state index in [1.165, 1.54) is 0 Å². The summed E-state index contributed by atoms with van der Waals surface area (Å²) < 4.78 is 5.31. The van der Waals surface area contributed by atoms with Gasteiger partial charge in [0.25, 0.3) is 0 Å². The van der Waals surface area contributed by atoms with Gasteiger partial charge < -0.3 is 9.84 Å². The molecule has 84 valence electrons. The molecule has 2 nitrogen and oxygen atoms in total. The van der Waals surface area contributed by atoms with Crippen molar-refractivity contribution in [1.29, 1.82) is 0 Å². The Bertz CT molecular complexity index is 312. The maximum atomic E-state index is 9.98. The fraction of sp³-hybridized carbons (Fsp3) is 0.500. The molecule has 1 aromatic carbocycles. The number of benzene rings is 1. The number of aliphatic hydroxyl groups is 1. The number of ether oxygens (including phenoxy) is 1. The van der Waals surface area contributed by atoms with Gasteiger partial charge in [-0.2, -0.15) is 0 Å². The minimum absolute atomic E-state index is 0.131. The summed E-state index contributed by atoms with van der Waals surface area (Å²) in [5.41, 5.74) is 0.836. The normalized spacial score (nSPS) is 15.3. The average Bonchev–Trinajstić information content (AvgIpc) is 2.21. The molecular weight excluding hydrogens is 212 g/mol. The van der Waals surface area contributed by atoms with Gasteiger partial charge in [-0.25, -0.2) is 0 Å². The molecule has 3 heteroatoms. The van der Waals surface area contributed by atoms with Crippen molar-refractivity contribution in [2.45, 2.75) is 26.1 Å². The molecule has 1 rings (SSSR count). The number of hydrogen-bond donors (Lipinski definition) is 1. The van der Waals surface area contributed by atoms with Crippen LogP contribution in [-0.2, 0) is 4.74 Å². The van der Waals surface area contributed by atoms with E-state index in [9.17, 15) is 5.11 Å². The Morgan fingerprint density at radius 3 is 2.33 bits per heavy atom. The van der Waals surface area contributed by atoms with Crippen LogP contribution in [0.2, 0.25) is 5.02 Å². The van der Waals surface area contributed by atoms with E-state index in [0.29, 0.717) is 5.02 Å². The van der Waals surface area contributed by atoms with Gasteiger partial charge in [0, 0.05) is 17.7 Å². The Kier molecular flexibility index (Phi) is 4.58. The predicted octanol–water partition coefficient (Wildman–Crippen LogP) is 3.04. The molecule has 0 amide bonds. The van der Waals surface area contributed by atoms with Gasteiger partial charge in [0.15, 0.2) is 0 Å². The molecule has 1 aromatic rings. The third kappa shape index (κ3) is 2.94. The minimum atomic E-state index is -0.546. The molecule has 0 bridgehead atoms. The van der Waals surface area contributed by atoms with Gasteiger partial charge in [-0.3, -0.25) is 0 Å². The SMILES string of the molecule is COC(c1ccccc1Cl)C(O)C(C)C. The minimum Gasteiger partial charge on any atom is -0.390 e. The predicted molar refractivity (Wildman–Crippen MR) is 62.0 cm³/mol. The van der Waals surface area contributed by atoms with Crippen LogP contribution >= 0.6 is 11.6 Å². The zero-order chi connectivity index (χ0) is 11.4. The van der Waals surface area contributed by atoms with Crippen molar-refractivity contribution < 1.29 is 9.84 Å². The van der Waals surface area contributed by atoms with Crippen LogP contribution in [-0.4, -0.2) is 18.3 Å². The molecule has 0 aliphatic rings. The van der Waals surface area contributed by atoms with Crippen LogP contribution in [0.3, 0.4) is 0 Å². The van der Waals surface area contributed by atoms with E-state index in [1.807, 2.05) is 32.0 Å². The van der Waals surface area contributed by atoms with Crippen LogP contribution in [0, 0.1) is 5.92 Å². The Morgan fingerprint density at radius 1 is 1.27 bits per heavy atom. The fourth-order valence-electron chi connectivity index (χ4n) is 1.51. The molecule has 0 aliphatic heterocycles. The first-order valence-corrected chi connectivity index (χ1v) is 5.41. The van der Waals surface area contributed by atoms with Crippen LogP contribution in [0.1, 0.15) is 25.5 Å². The molecule has 0 saturated carbocycles. The standard InChI is InChI=1S/C12H17ClO2/c1-8(2)11(14)12(15-3)9-6-4-5-7-10(9)13/h4-8,11-12,14H,1-3H3. The molecule has 0 saturated heterocycles. The van der Waals surface area contributed by atoms with E-state index >= 15 is 0 Å². The quantitative estimate of drug-likeness (QED) is 0.859. The molecule has 0 aromatic heterocycles. The molecular formula is C12H17ClO2. The highest BCUT2D eigenvalue weighted by atomic mass is 35.5. The third-order valence-electron chi connectivity index (χ3n) is 2.46. The second-order valence-corrected chi connectivity index (χ2v) is 4.32. The highest BCUT2D eigenvalue weighted by Gasteiger charge is 2.25. The third-order valence-corrected chi connectivity index (χ3v) is 2.80. The van der Waals surface area contributed by atoms with E-state index in [1.54, 1.807) is 13.2 Å². The zero-order valence-corrected chi connectivity index (χ0v) is 10.0. The summed E-state index contributed by atoms with van der Waals surface area (Å²) in [7, 11) is 1.58. The lowest BCUT2D eigenvalue weighted by Crippen LogP contribution is -2.25. The Balaban J connectivity index is 2.97. The van der Waals surface area contributed by atoms with Gasteiger partial charge >= 0.3 is 0 Å². The van der Waals surface area contributed by atoms with Crippen molar-refractivity contribution in [3.8, 4) is 0 Å². The van der Waals surface area contributed by atoms with E-state index in [2.05, 4.69) is 0 Å². The number of hydrogen-bond acceptors (Lipinski definition) is 2. The van der Waals surface area contributed by atoms with Crippen LogP contribution < -0.4 is 0 Å². The molecule has 0 fully saturated rings. The molecule has 15 heavy (non-hydrogen) atoms. The lowest BCUT2D eigenvalue weighted by molar-refractivity contribution is -0.0359. The summed E-state index contributed by atoms with van der Waals surface area (Å²) in [5.74, 6) is 0.131. The molecule has 2 unspecified atom stereocenters. The lowest BCUT2D eigenvalue weighted by Gasteiger charge is -2.25. The smallest absolute Gasteiger partial charge is 0.110 e. The second kappa shape index (κ2) is 5.50. The summed E-state index contributed by atoms with van der Waals surface area (Å²) in [6.45, 7) is 3.90. The number of halogens is 1. The molecule has 2 atom stereocenters. The van der Waals surface area contributed by atoms with Crippen molar-refractivity contribution in [1.82, 2.24) is 0 Å². The summed E-state index contributed by atoms with van der Waals surface area (Å²) in [6.07, 6.45) is -0.909. The molecule has 0 aliphatic carbocycles. The maximum Gasteiger partial charge on any atom is 0.110 e. The van der Waals surface area contributed by atoms with Crippen LogP contribution in [0.25, 0.3) is 0 Å². The average molecular weight is 229 g/mol. The highest BCUT2D eigenvalue weighted by molar-refractivity contribution is 6.31. The van der Waals surface area contributed by atoms with Gasteiger partial charge in [-0.05, 0) is 12.0 Å². The molecule has 0 spiro atoms. The second-order valence-electron chi connectivity index (χ2n) is 3.91. The van der Waals surface area contributed by atoms with Gasteiger partial charge in [0.1, 0.15) is 6.10 Å². The van der Waals surface area contributed by atoms with Gasteiger partial charge in [0.2, 0.25) is 0 Å². The monoisotopic (exact) mass is 228 g/mol. The summed E-state index contributed by atoms with van der Waals surface area (Å²) >= 11 is 6.06. The molecule has 0 heterocycles. The van der Waals surface area contributed by atoms with E-state index in [-0.39, 0.29) is 12.0 Å². The summed E-state index contributed by atoms with van der Waals surface area (Å²) in [5, 5.41) is 10.6. The van der Waals surface area contributed by atoms with Crippen LogP contribution in [0.15, 0.2) is 24.3 Å². The largest absolute Gasteiger partial charge is 0.390 e. The molecule has 0 radical (unpaired) electrons.